The average Bonchev–Trinajstić information content (AvgIpc) is 3.36. The second kappa shape index (κ2) is 5.62. The van der Waals surface area contributed by atoms with Crippen LogP contribution in [0.5, 0.6) is 0 Å². The van der Waals surface area contributed by atoms with Crippen LogP contribution in [0.2, 0.25) is 0 Å². The molecule has 2 N–H and O–H groups in total. The molecule has 3 heterocycles. The molecule has 0 radical (unpaired) electrons. The Balaban J connectivity index is 1.67. The van der Waals surface area contributed by atoms with Gasteiger partial charge in [0, 0.05) is 25.3 Å². The SMILES string of the molecule is O=C(NC1(CO)CCOCC1)c1nc(C2CC2)n2ccccc12. The number of rotatable bonds is 4. The van der Waals surface area contributed by atoms with Crippen LogP contribution in [0.15, 0.2) is 24.4 Å². The van der Waals surface area contributed by atoms with Crippen molar-refractivity contribution in [1.82, 2.24) is 14.7 Å². The molecule has 0 atom stereocenters. The molecule has 0 unspecified atom stereocenters. The number of carbonyl (C=O) groups excluding carboxylic acids is 1. The quantitative estimate of drug-likeness (QED) is 0.896. The second-order valence-corrected chi connectivity index (χ2v) is 6.55. The first kappa shape index (κ1) is 14.7. The van der Waals surface area contributed by atoms with E-state index in [0.717, 1.165) is 24.2 Å². The molecule has 6 heteroatoms. The lowest BCUT2D eigenvalue weighted by molar-refractivity contribution is 0.0125. The molecule has 2 aromatic heterocycles. The standard InChI is InChI=1S/C17H21N3O3/c21-11-17(6-9-23-10-7-17)19-16(22)14-13-3-1-2-8-20(13)15(18-14)12-4-5-12/h1-3,8,12,21H,4-7,9-11H2,(H,19,22). The number of aromatic nitrogens is 2. The van der Waals surface area contributed by atoms with Crippen molar-refractivity contribution in [2.45, 2.75) is 37.1 Å². The third kappa shape index (κ3) is 2.62. The summed E-state index contributed by atoms with van der Waals surface area (Å²) in [5, 5.41) is 12.8. The number of imidazole rings is 1. The molecule has 2 aromatic rings. The average molecular weight is 315 g/mol. The highest BCUT2D eigenvalue weighted by atomic mass is 16.5. The Labute approximate surface area is 134 Å². The Morgan fingerprint density at radius 3 is 2.87 bits per heavy atom. The van der Waals surface area contributed by atoms with Crippen molar-refractivity contribution in [3.8, 4) is 0 Å². The van der Waals surface area contributed by atoms with Gasteiger partial charge in [-0.15, -0.1) is 0 Å². The zero-order valence-corrected chi connectivity index (χ0v) is 13.0. The molecular weight excluding hydrogens is 294 g/mol. The van der Waals surface area contributed by atoms with Crippen LogP contribution in [-0.2, 0) is 4.74 Å². The molecule has 0 aromatic carbocycles. The smallest absolute Gasteiger partial charge is 0.272 e. The molecule has 122 valence electrons. The van der Waals surface area contributed by atoms with E-state index >= 15 is 0 Å². The zero-order chi connectivity index (χ0) is 15.9. The molecule has 1 aliphatic heterocycles. The van der Waals surface area contributed by atoms with Gasteiger partial charge in [-0.1, -0.05) is 6.07 Å². The fourth-order valence-corrected chi connectivity index (χ4v) is 3.24. The van der Waals surface area contributed by atoms with Crippen molar-refractivity contribution in [3.63, 3.8) is 0 Å². The Bertz CT molecular complexity index is 730. The largest absolute Gasteiger partial charge is 0.394 e. The second-order valence-electron chi connectivity index (χ2n) is 6.55. The van der Waals surface area contributed by atoms with Crippen LogP contribution in [0, 0.1) is 0 Å². The molecule has 2 aliphatic rings. The number of hydrogen-bond donors (Lipinski definition) is 2. The van der Waals surface area contributed by atoms with Gasteiger partial charge in [0.05, 0.1) is 17.7 Å². The molecule has 0 bridgehead atoms. The summed E-state index contributed by atoms with van der Waals surface area (Å²) in [7, 11) is 0. The Kier molecular flexibility index (Phi) is 3.58. The van der Waals surface area contributed by atoms with Crippen LogP contribution in [0.25, 0.3) is 5.52 Å². The van der Waals surface area contributed by atoms with E-state index in [1.165, 1.54) is 0 Å². The molecule has 23 heavy (non-hydrogen) atoms. The van der Waals surface area contributed by atoms with Gasteiger partial charge in [-0.05, 0) is 37.8 Å². The number of nitrogens with one attached hydrogen (secondary N) is 1. The molecule has 1 amide bonds. The fourth-order valence-electron chi connectivity index (χ4n) is 3.24. The fraction of sp³-hybridized carbons (Fsp3) is 0.529. The van der Waals surface area contributed by atoms with Crippen LogP contribution in [0.4, 0.5) is 0 Å². The van der Waals surface area contributed by atoms with Crippen molar-refractivity contribution in [1.29, 1.82) is 0 Å². The van der Waals surface area contributed by atoms with E-state index in [4.69, 9.17) is 4.74 Å². The Morgan fingerprint density at radius 2 is 2.17 bits per heavy atom. The molecular formula is C17H21N3O3. The van der Waals surface area contributed by atoms with E-state index in [1.54, 1.807) is 0 Å². The summed E-state index contributed by atoms with van der Waals surface area (Å²) in [6.45, 7) is 1.03. The van der Waals surface area contributed by atoms with E-state index in [9.17, 15) is 9.90 Å². The third-order valence-electron chi connectivity index (χ3n) is 4.86. The predicted octanol–water partition coefficient (Wildman–Crippen LogP) is 1.48. The number of fused-ring (bicyclic) bond motifs is 1. The third-order valence-corrected chi connectivity index (χ3v) is 4.86. The molecule has 2 fully saturated rings. The lowest BCUT2D eigenvalue weighted by atomic mass is 9.91. The summed E-state index contributed by atoms with van der Waals surface area (Å²) in [6.07, 6.45) is 5.47. The minimum atomic E-state index is -0.597. The van der Waals surface area contributed by atoms with E-state index < -0.39 is 5.54 Å². The van der Waals surface area contributed by atoms with Crippen molar-refractivity contribution < 1.29 is 14.6 Å². The van der Waals surface area contributed by atoms with Crippen LogP contribution in [0.3, 0.4) is 0 Å². The maximum Gasteiger partial charge on any atom is 0.272 e. The summed E-state index contributed by atoms with van der Waals surface area (Å²) >= 11 is 0. The van der Waals surface area contributed by atoms with Crippen molar-refractivity contribution in [2.75, 3.05) is 19.8 Å². The van der Waals surface area contributed by atoms with E-state index in [1.807, 2.05) is 28.8 Å². The topological polar surface area (TPSA) is 75.9 Å². The molecule has 6 nitrogen and oxygen atoms in total. The monoisotopic (exact) mass is 315 g/mol. The summed E-state index contributed by atoms with van der Waals surface area (Å²) in [5.41, 5.74) is 0.679. The van der Waals surface area contributed by atoms with Gasteiger partial charge in [0.2, 0.25) is 0 Å². The number of nitrogens with zero attached hydrogens (tertiary/aromatic N) is 2. The van der Waals surface area contributed by atoms with Gasteiger partial charge >= 0.3 is 0 Å². The van der Waals surface area contributed by atoms with E-state index in [-0.39, 0.29) is 12.5 Å². The predicted molar refractivity (Wildman–Crippen MR) is 84.5 cm³/mol. The van der Waals surface area contributed by atoms with Crippen LogP contribution < -0.4 is 5.32 Å². The summed E-state index contributed by atoms with van der Waals surface area (Å²) in [4.78, 5) is 17.4. The van der Waals surface area contributed by atoms with Gasteiger partial charge in [-0.3, -0.25) is 4.79 Å². The highest BCUT2D eigenvalue weighted by Crippen LogP contribution is 2.40. The van der Waals surface area contributed by atoms with Crippen molar-refractivity contribution >= 4 is 11.4 Å². The minimum Gasteiger partial charge on any atom is -0.394 e. The molecule has 0 spiro atoms. The van der Waals surface area contributed by atoms with Gasteiger partial charge in [0.25, 0.3) is 5.91 Å². The maximum atomic E-state index is 12.8. The lowest BCUT2D eigenvalue weighted by Gasteiger charge is -2.36. The summed E-state index contributed by atoms with van der Waals surface area (Å²) in [6, 6.07) is 5.79. The zero-order valence-electron chi connectivity index (χ0n) is 13.0. The van der Waals surface area contributed by atoms with Crippen LogP contribution >= 0.6 is 0 Å². The van der Waals surface area contributed by atoms with Gasteiger partial charge in [-0.2, -0.15) is 0 Å². The van der Waals surface area contributed by atoms with Gasteiger partial charge in [0.15, 0.2) is 5.69 Å². The minimum absolute atomic E-state index is 0.0800. The Morgan fingerprint density at radius 1 is 1.39 bits per heavy atom. The number of ether oxygens (including phenoxy) is 1. The highest BCUT2D eigenvalue weighted by molar-refractivity contribution is 5.99. The van der Waals surface area contributed by atoms with Gasteiger partial charge in [0.1, 0.15) is 5.82 Å². The number of aliphatic hydroxyl groups is 1. The van der Waals surface area contributed by atoms with Crippen molar-refractivity contribution in [2.24, 2.45) is 0 Å². The number of aliphatic hydroxyl groups excluding tert-OH is 1. The molecule has 4 rings (SSSR count). The Hall–Kier alpha value is -1.92. The number of carbonyl (C=O) groups is 1. The normalized spacial score (nSPS) is 20.6. The molecule has 1 saturated carbocycles. The number of pyridine rings is 1. The van der Waals surface area contributed by atoms with Gasteiger partial charge in [-0.25, -0.2) is 4.98 Å². The maximum absolute atomic E-state index is 12.8. The first-order valence-electron chi connectivity index (χ1n) is 8.20. The first-order chi connectivity index (χ1) is 11.2. The number of hydrogen-bond acceptors (Lipinski definition) is 4. The van der Waals surface area contributed by atoms with E-state index in [0.29, 0.717) is 37.7 Å². The summed E-state index contributed by atoms with van der Waals surface area (Å²) < 4.78 is 7.36. The first-order valence-corrected chi connectivity index (χ1v) is 8.20. The molecule has 1 aliphatic carbocycles. The van der Waals surface area contributed by atoms with Crippen LogP contribution in [-0.4, -0.2) is 45.8 Å². The van der Waals surface area contributed by atoms with Gasteiger partial charge < -0.3 is 19.6 Å². The van der Waals surface area contributed by atoms with Crippen LogP contribution in [0.1, 0.15) is 47.9 Å². The van der Waals surface area contributed by atoms with Crippen molar-refractivity contribution in [3.05, 3.63) is 35.9 Å². The lowest BCUT2D eigenvalue weighted by Crippen LogP contribution is -2.54. The summed E-state index contributed by atoms with van der Waals surface area (Å²) in [5.74, 6) is 1.22. The number of amides is 1. The highest BCUT2D eigenvalue weighted by Gasteiger charge is 2.36. The molecule has 1 saturated heterocycles. The van der Waals surface area contributed by atoms with E-state index in [2.05, 4.69) is 10.3 Å².